The van der Waals surface area contributed by atoms with Crippen LogP contribution in [0.15, 0.2) is 47.5 Å². The van der Waals surface area contributed by atoms with Crippen LogP contribution < -0.4 is 10.1 Å². The molecule has 0 unspecified atom stereocenters. The fourth-order valence-electron chi connectivity index (χ4n) is 3.01. The van der Waals surface area contributed by atoms with Crippen molar-refractivity contribution in [1.82, 2.24) is 9.29 Å². The average molecular weight is 470 g/mol. The van der Waals surface area contributed by atoms with Crippen molar-refractivity contribution in [3.63, 3.8) is 0 Å². The maximum Gasteiger partial charge on any atom is 0.325 e. The molecule has 0 saturated carbocycles. The Balaban J connectivity index is 1.66. The van der Waals surface area contributed by atoms with E-state index in [-0.39, 0.29) is 23.7 Å². The number of benzene rings is 1. The van der Waals surface area contributed by atoms with Gasteiger partial charge in [-0.3, -0.25) is 9.59 Å². The number of anilines is 1. The van der Waals surface area contributed by atoms with Crippen molar-refractivity contribution in [1.29, 1.82) is 0 Å². The number of rotatable bonds is 7. The first-order chi connectivity index (χ1) is 14.7. The molecule has 31 heavy (non-hydrogen) atoms. The zero-order valence-corrected chi connectivity index (χ0v) is 18.0. The quantitative estimate of drug-likeness (QED) is 0.574. The molecule has 3 rings (SSSR count). The molecule has 0 bridgehead atoms. The molecule has 0 radical (unpaired) electrons. The third-order valence-corrected chi connectivity index (χ3v) is 6.62. The topological polar surface area (TPSA) is 135 Å². The fourth-order valence-corrected chi connectivity index (χ4v) is 4.75. The molecule has 12 heteroatoms. The number of hydrogen-bond donors (Lipinski definition) is 2. The molecule has 2 aromatic rings. The monoisotopic (exact) mass is 469 g/mol. The van der Waals surface area contributed by atoms with Gasteiger partial charge in [0.05, 0.1) is 23.1 Å². The van der Waals surface area contributed by atoms with E-state index in [1.165, 1.54) is 49.7 Å². The lowest BCUT2D eigenvalue weighted by molar-refractivity contribution is -0.150. The standard InChI is InChI=1S/C19H20ClN3O7S/c1-29-14-3-5-15(6-4-14)31(27,28)23-10-13(24)8-16(23)19(26)30-11-18(25)22-17-7-2-12(20)9-21-17/h2-7,9,13,16,24H,8,10-11H2,1H3,(H,21,22,25)/t13-,16+/m1/s1. The van der Waals surface area contributed by atoms with E-state index in [1.54, 1.807) is 0 Å². The highest BCUT2D eigenvalue weighted by Crippen LogP contribution is 2.28. The van der Waals surface area contributed by atoms with Gasteiger partial charge in [0.25, 0.3) is 5.91 Å². The number of carbonyl (C=O) groups excluding carboxylic acids is 2. The normalized spacial score (nSPS) is 19.1. The number of aliphatic hydroxyl groups excluding tert-OH is 1. The molecule has 1 aromatic carbocycles. The van der Waals surface area contributed by atoms with Crippen LogP contribution in [0.4, 0.5) is 5.82 Å². The molecule has 166 valence electrons. The molecule has 1 amide bonds. The Hall–Kier alpha value is -2.73. The highest BCUT2D eigenvalue weighted by molar-refractivity contribution is 7.89. The molecule has 2 atom stereocenters. The minimum absolute atomic E-state index is 0.0632. The van der Waals surface area contributed by atoms with Crippen molar-refractivity contribution in [2.45, 2.75) is 23.5 Å². The number of β-amino-alcohol motifs (C(OH)–C–C–N with tert-alkyl or cyclic N) is 1. The maximum atomic E-state index is 13.0. The highest BCUT2D eigenvalue weighted by atomic mass is 35.5. The summed E-state index contributed by atoms with van der Waals surface area (Å²) in [6.45, 7) is -0.915. The van der Waals surface area contributed by atoms with Crippen molar-refractivity contribution in [2.75, 3.05) is 25.6 Å². The van der Waals surface area contributed by atoms with Crippen LogP contribution in [-0.2, 0) is 24.3 Å². The van der Waals surface area contributed by atoms with Gasteiger partial charge in [-0.15, -0.1) is 0 Å². The summed E-state index contributed by atoms with van der Waals surface area (Å²) < 4.78 is 36.8. The second-order valence-corrected chi connectivity index (χ2v) is 9.00. The second kappa shape index (κ2) is 9.60. The van der Waals surface area contributed by atoms with Crippen LogP contribution in [0.2, 0.25) is 5.02 Å². The summed E-state index contributed by atoms with van der Waals surface area (Å²) in [7, 11) is -2.64. The summed E-state index contributed by atoms with van der Waals surface area (Å²) in [6.07, 6.45) is 0.150. The van der Waals surface area contributed by atoms with Gasteiger partial charge in [-0.2, -0.15) is 4.31 Å². The lowest BCUT2D eigenvalue weighted by Crippen LogP contribution is -2.42. The maximum absolute atomic E-state index is 13.0. The van der Waals surface area contributed by atoms with Gasteiger partial charge in [0.2, 0.25) is 10.0 Å². The van der Waals surface area contributed by atoms with Gasteiger partial charge < -0.3 is 19.9 Å². The first kappa shape index (κ1) is 22.9. The zero-order valence-electron chi connectivity index (χ0n) is 16.4. The number of aromatic nitrogens is 1. The number of nitrogens with zero attached hydrogens (tertiary/aromatic N) is 2. The Morgan fingerprint density at radius 2 is 1.97 bits per heavy atom. The fraction of sp³-hybridized carbons (Fsp3) is 0.316. The van der Waals surface area contributed by atoms with E-state index in [1.807, 2.05) is 0 Å². The lowest BCUT2D eigenvalue weighted by atomic mass is 10.2. The number of amides is 1. The number of aliphatic hydroxyl groups is 1. The number of hydrogen-bond acceptors (Lipinski definition) is 8. The van der Waals surface area contributed by atoms with E-state index in [0.29, 0.717) is 10.8 Å². The van der Waals surface area contributed by atoms with Crippen LogP contribution in [0.1, 0.15) is 6.42 Å². The van der Waals surface area contributed by atoms with Crippen molar-refractivity contribution in [3.05, 3.63) is 47.6 Å². The van der Waals surface area contributed by atoms with E-state index in [4.69, 9.17) is 21.1 Å². The molecule has 1 aliphatic rings. The number of carbonyl (C=O) groups is 2. The van der Waals surface area contributed by atoms with Crippen LogP contribution in [0, 0.1) is 0 Å². The van der Waals surface area contributed by atoms with Gasteiger partial charge in [-0.25, -0.2) is 13.4 Å². The van der Waals surface area contributed by atoms with Crippen LogP contribution >= 0.6 is 11.6 Å². The van der Waals surface area contributed by atoms with Crippen LogP contribution in [0.25, 0.3) is 0 Å². The third kappa shape index (κ3) is 5.50. The SMILES string of the molecule is COc1ccc(S(=O)(=O)N2C[C@H](O)C[C@H]2C(=O)OCC(=O)Nc2ccc(Cl)cn2)cc1. The lowest BCUT2D eigenvalue weighted by Gasteiger charge is -2.22. The zero-order chi connectivity index (χ0) is 22.6. The van der Waals surface area contributed by atoms with Crippen molar-refractivity contribution >= 4 is 39.3 Å². The number of sulfonamides is 1. The van der Waals surface area contributed by atoms with E-state index < -0.39 is 40.7 Å². The van der Waals surface area contributed by atoms with Crippen LogP contribution in [0.5, 0.6) is 5.75 Å². The summed E-state index contributed by atoms with van der Waals surface area (Å²) in [5.74, 6) is -0.915. The van der Waals surface area contributed by atoms with Crippen molar-refractivity contribution in [3.8, 4) is 5.75 Å². The molecule has 1 aliphatic heterocycles. The van der Waals surface area contributed by atoms with Crippen molar-refractivity contribution in [2.24, 2.45) is 0 Å². The number of nitrogens with one attached hydrogen (secondary N) is 1. The summed E-state index contributed by atoms with van der Waals surface area (Å²) >= 11 is 5.72. The number of ether oxygens (including phenoxy) is 2. The smallest absolute Gasteiger partial charge is 0.325 e. The van der Waals surface area contributed by atoms with Gasteiger partial charge in [0, 0.05) is 19.2 Å². The number of halogens is 1. The molecule has 10 nitrogen and oxygen atoms in total. The predicted octanol–water partition coefficient (Wildman–Crippen LogP) is 1.05. The molecule has 1 saturated heterocycles. The molecule has 2 N–H and O–H groups in total. The Kier molecular flexibility index (Phi) is 7.11. The second-order valence-electron chi connectivity index (χ2n) is 6.67. The van der Waals surface area contributed by atoms with Crippen LogP contribution in [0.3, 0.4) is 0 Å². The Morgan fingerprint density at radius 3 is 2.58 bits per heavy atom. The minimum atomic E-state index is -4.09. The average Bonchev–Trinajstić information content (AvgIpc) is 3.16. The van der Waals surface area contributed by atoms with Gasteiger partial charge in [0.1, 0.15) is 17.6 Å². The number of pyridine rings is 1. The molecule has 2 heterocycles. The van der Waals surface area contributed by atoms with Gasteiger partial charge >= 0.3 is 5.97 Å². The molecular formula is C19H20ClN3O7S. The minimum Gasteiger partial charge on any atom is -0.497 e. The van der Waals surface area contributed by atoms with Gasteiger partial charge in [0.15, 0.2) is 6.61 Å². The van der Waals surface area contributed by atoms with Gasteiger partial charge in [-0.05, 0) is 36.4 Å². The summed E-state index contributed by atoms with van der Waals surface area (Å²) in [5, 5.41) is 12.8. The number of esters is 1. The van der Waals surface area contributed by atoms with Crippen LogP contribution in [-0.4, -0.2) is 67.1 Å². The van der Waals surface area contributed by atoms with Gasteiger partial charge in [-0.1, -0.05) is 11.6 Å². The van der Waals surface area contributed by atoms with E-state index in [2.05, 4.69) is 10.3 Å². The summed E-state index contributed by atoms with van der Waals surface area (Å²) in [6, 6.07) is 7.37. The molecular weight excluding hydrogens is 450 g/mol. The Bertz CT molecular complexity index is 1050. The molecule has 0 spiro atoms. The molecule has 1 aromatic heterocycles. The summed E-state index contributed by atoms with van der Waals surface area (Å²) in [5.41, 5.74) is 0. The van der Waals surface area contributed by atoms with Crippen molar-refractivity contribution < 1.29 is 32.6 Å². The predicted molar refractivity (Wildman–Crippen MR) is 110 cm³/mol. The van der Waals surface area contributed by atoms with E-state index >= 15 is 0 Å². The molecule has 0 aliphatic carbocycles. The number of methoxy groups -OCH3 is 1. The Morgan fingerprint density at radius 1 is 1.26 bits per heavy atom. The first-order valence-electron chi connectivity index (χ1n) is 9.12. The van der Waals surface area contributed by atoms with E-state index in [0.717, 1.165) is 4.31 Å². The summed E-state index contributed by atoms with van der Waals surface area (Å²) in [4.78, 5) is 28.3. The third-order valence-electron chi connectivity index (χ3n) is 4.51. The first-order valence-corrected chi connectivity index (χ1v) is 10.9. The largest absolute Gasteiger partial charge is 0.497 e. The highest BCUT2D eigenvalue weighted by Gasteiger charge is 2.44. The Labute approximate surface area is 183 Å². The van der Waals surface area contributed by atoms with E-state index in [9.17, 15) is 23.1 Å². The molecule has 1 fully saturated rings.